The maximum absolute atomic E-state index is 7.14. The van der Waals surface area contributed by atoms with Crippen molar-refractivity contribution in [3.63, 3.8) is 0 Å². The summed E-state index contributed by atoms with van der Waals surface area (Å²) in [7, 11) is 3.34. The van der Waals surface area contributed by atoms with E-state index in [0.717, 1.165) is 56.2 Å². The van der Waals surface area contributed by atoms with E-state index in [0.29, 0.717) is 26.4 Å². The standard InChI is InChI=1S/C45H44O5/c1-6-9-37(10-7-2)45(38-15-19-40(46-4)20-16-38,39-17-21-41(47-5)22-18-39)50-30-35-14-24-43-42-23-13-34(26-36(42)31-49-44(43)27-35)29-48-28-33-12-8-11-32(3)25-33/h6-27H,1,28-31H2,2-5H3/b10-7-,37-9+. The molecule has 6 rings (SSSR count). The monoisotopic (exact) mass is 664 g/mol. The topological polar surface area (TPSA) is 46.2 Å². The smallest absolute Gasteiger partial charge is 0.144 e. The largest absolute Gasteiger partial charge is 0.497 e. The molecule has 0 radical (unpaired) electrons. The van der Waals surface area contributed by atoms with Crippen LogP contribution < -0.4 is 14.2 Å². The van der Waals surface area contributed by atoms with Crippen molar-refractivity contribution in [1.82, 2.24) is 0 Å². The van der Waals surface area contributed by atoms with Gasteiger partial charge >= 0.3 is 0 Å². The Labute approximate surface area is 296 Å². The van der Waals surface area contributed by atoms with Crippen LogP contribution >= 0.6 is 0 Å². The SMILES string of the molecule is C=C/C=C(\C=C/C)C(OCc1ccc2c(c1)OCc1cc(COCc3cccc(C)c3)ccc1-2)(c1ccc(OC)cc1)c1ccc(OC)cc1. The van der Waals surface area contributed by atoms with Gasteiger partial charge in [-0.3, -0.25) is 0 Å². The average molecular weight is 665 g/mol. The molecule has 0 saturated carbocycles. The zero-order chi connectivity index (χ0) is 34.9. The molecule has 254 valence electrons. The summed E-state index contributed by atoms with van der Waals surface area (Å²) in [6, 6.07) is 37.4. The first-order chi connectivity index (χ1) is 24.5. The molecule has 0 N–H and O–H groups in total. The van der Waals surface area contributed by atoms with Crippen molar-refractivity contribution in [2.45, 2.75) is 45.9 Å². The Morgan fingerprint density at radius 1 is 0.740 bits per heavy atom. The van der Waals surface area contributed by atoms with Crippen molar-refractivity contribution in [2.75, 3.05) is 14.2 Å². The number of methoxy groups -OCH3 is 2. The lowest BCUT2D eigenvalue weighted by molar-refractivity contribution is -0.000427. The molecule has 5 aromatic rings. The van der Waals surface area contributed by atoms with E-state index in [4.69, 9.17) is 23.7 Å². The van der Waals surface area contributed by atoms with Crippen molar-refractivity contribution in [3.05, 3.63) is 185 Å². The summed E-state index contributed by atoms with van der Waals surface area (Å²) >= 11 is 0. The minimum Gasteiger partial charge on any atom is -0.497 e. The van der Waals surface area contributed by atoms with Gasteiger partial charge in [0.1, 0.15) is 29.5 Å². The zero-order valence-electron chi connectivity index (χ0n) is 29.3. The van der Waals surface area contributed by atoms with Crippen molar-refractivity contribution in [2.24, 2.45) is 0 Å². The molecule has 0 fully saturated rings. The van der Waals surface area contributed by atoms with Gasteiger partial charge in [-0.1, -0.05) is 109 Å². The van der Waals surface area contributed by atoms with Gasteiger partial charge in [0.15, 0.2) is 0 Å². The lowest BCUT2D eigenvalue weighted by Gasteiger charge is -2.37. The molecule has 0 atom stereocenters. The summed E-state index contributed by atoms with van der Waals surface area (Å²) < 4.78 is 30.5. The number of hydrogen-bond acceptors (Lipinski definition) is 5. The maximum Gasteiger partial charge on any atom is 0.144 e. The van der Waals surface area contributed by atoms with E-state index in [9.17, 15) is 0 Å². The predicted octanol–water partition coefficient (Wildman–Crippen LogP) is 10.4. The Bertz CT molecular complexity index is 1940. The fraction of sp³-hybridized carbons (Fsp3) is 0.200. The number of allylic oxidation sites excluding steroid dienone is 3. The number of hydrogen-bond donors (Lipinski definition) is 0. The minimum atomic E-state index is -0.972. The van der Waals surface area contributed by atoms with Crippen LogP contribution in [0.4, 0.5) is 0 Å². The highest BCUT2D eigenvalue weighted by Crippen LogP contribution is 2.44. The molecule has 0 spiro atoms. The van der Waals surface area contributed by atoms with Crippen molar-refractivity contribution >= 4 is 0 Å². The van der Waals surface area contributed by atoms with E-state index in [1.165, 1.54) is 16.7 Å². The van der Waals surface area contributed by atoms with E-state index < -0.39 is 5.60 Å². The fourth-order valence-corrected chi connectivity index (χ4v) is 6.55. The molecule has 0 unspecified atom stereocenters. The molecule has 5 nitrogen and oxygen atoms in total. The van der Waals surface area contributed by atoms with Crippen LogP contribution in [0.5, 0.6) is 17.2 Å². The third-order valence-corrected chi connectivity index (χ3v) is 9.01. The van der Waals surface area contributed by atoms with Gasteiger partial charge in [-0.05, 0) is 94.8 Å². The normalized spacial score (nSPS) is 12.6. The number of fused-ring (bicyclic) bond motifs is 3. The van der Waals surface area contributed by atoms with Crippen LogP contribution in [-0.2, 0) is 41.5 Å². The second kappa shape index (κ2) is 15.9. The molecule has 50 heavy (non-hydrogen) atoms. The molecule has 0 aromatic heterocycles. The van der Waals surface area contributed by atoms with Crippen LogP contribution in [-0.4, -0.2) is 14.2 Å². The van der Waals surface area contributed by atoms with Gasteiger partial charge in [0.2, 0.25) is 0 Å². The van der Waals surface area contributed by atoms with Gasteiger partial charge in [-0.2, -0.15) is 0 Å². The highest BCUT2D eigenvalue weighted by atomic mass is 16.5. The summed E-state index contributed by atoms with van der Waals surface area (Å²) in [5.41, 5.74) is 9.82. The summed E-state index contributed by atoms with van der Waals surface area (Å²) in [5, 5.41) is 0. The quantitative estimate of drug-likeness (QED) is 0.111. The maximum atomic E-state index is 7.14. The van der Waals surface area contributed by atoms with Gasteiger partial charge in [-0.15, -0.1) is 0 Å². The molecule has 0 amide bonds. The van der Waals surface area contributed by atoms with Crippen LogP contribution in [0.2, 0.25) is 0 Å². The number of rotatable bonds is 14. The highest BCUT2D eigenvalue weighted by Gasteiger charge is 2.39. The first-order valence-electron chi connectivity index (χ1n) is 16.9. The van der Waals surface area contributed by atoms with Crippen LogP contribution in [0, 0.1) is 6.92 Å². The summed E-state index contributed by atoms with van der Waals surface area (Å²) in [6.07, 6.45) is 7.90. The molecular weight excluding hydrogens is 620 g/mol. The lowest BCUT2D eigenvalue weighted by atomic mass is 9.79. The van der Waals surface area contributed by atoms with E-state index >= 15 is 0 Å². The second-order valence-electron chi connectivity index (χ2n) is 12.4. The molecular formula is C45H44O5. The van der Waals surface area contributed by atoms with E-state index in [1.54, 1.807) is 20.3 Å². The molecule has 1 aliphatic rings. The molecule has 0 bridgehead atoms. The fourth-order valence-electron chi connectivity index (χ4n) is 6.55. The van der Waals surface area contributed by atoms with Crippen molar-refractivity contribution in [1.29, 1.82) is 0 Å². The van der Waals surface area contributed by atoms with Gasteiger partial charge < -0.3 is 23.7 Å². The molecule has 0 aliphatic carbocycles. The Hall–Kier alpha value is -5.36. The first kappa shape index (κ1) is 34.5. The van der Waals surface area contributed by atoms with E-state index in [-0.39, 0.29) is 0 Å². The van der Waals surface area contributed by atoms with Crippen LogP contribution in [0.3, 0.4) is 0 Å². The zero-order valence-corrected chi connectivity index (χ0v) is 29.3. The van der Waals surface area contributed by atoms with Gasteiger partial charge in [-0.25, -0.2) is 0 Å². The Balaban J connectivity index is 1.28. The highest BCUT2D eigenvalue weighted by molar-refractivity contribution is 5.75. The summed E-state index contributed by atoms with van der Waals surface area (Å²) in [4.78, 5) is 0. The molecule has 1 aliphatic heterocycles. The molecule has 0 saturated heterocycles. The van der Waals surface area contributed by atoms with Gasteiger partial charge in [0.25, 0.3) is 0 Å². The van der Waals surface area contributed by atoms with Crippen LogP contribution in [0.25, 0.3) is 11.1 Å². The van der Waals surface area contributed by atoms with Gasteiger partial charge in [0, 0.05) is 5.56 Å². The number of aryl methyl sites for hydroxylation is 1. The average Bonchev–Trinajstić information content (AvgIpc) is 3.15. The van der Waals surface area contributed by atoms with Crippen molar-refractivity contribution in [3.8, 4) is 28.4 Å². The predicted molar refractivity (Wildman–Crippen MR) is 201 cm³/mol. The minimum absolute atomic E-state index is 0.324. The third-order valence-electron chi connectivity index (χ3n) is 9.01. The third kappa shape index (κ3) is 7.45. The Morgan fingerprint density at radius 2 is 1.36 bits per heavy atom. The first-order valence-corrected chi connectivity index (χ1v) is 16.9. The number of ether oxygens (including phenoxy) is 5. The van der Waals surface area contributed by atoms with Gasteiger partial charge in [0.05, 0.1) is 34.0 Å². The second-order valence-corrected chi connectivity index (χ2v) is 12.4. The molecule has 1 heterocycles. The Morgan fingerprint density at radius 3 is 1.96 bits per heavy atom. The Kier molecular flexibility index (Phi) is 11.0. The molecule has 5 aromatic carbocycles. The molecule has 5 heteroatoms. The number of benzene rings is 5. The summed E-state index contributed by atoms with van der Waals surface area (Å²) in [5.74, 6) is 2.38. The summed E-state index contributed by atoms with van der Waals surface area (Å²) in [6.45, 7) is 10.1. The van der Waals surface area contributed by atoms with Crippen molar-refractivity contribution < 1.29 is 23.7 Å². The van der Waals surface area contributed by atoms with Crippen LogP contribution in [0.15, 0.2) is 146 Å². The van der Waals surface area contributed by atoms with E-state index in [1.807, 2.05) is 43.3 Å². The van der Waals surface area contributed by atoms with Crippen LogP contribution in [0.1, 0.15) is 45.9 Å². The van der Waals surface area contributed by atoms with E-state index in [2.05, 4.69) is 105 Å². The lowest BCUT2D eigenvalue weighted by Crippen LogP contribution is -2.33.